The molecule has 0 atom stereocenters. The van der Waals surface area contributed by atoms with Crippen molar-refractivity contribution in [2.75, 3.05) is 0 Å². The van der Waals surface area contributed by atoms with E-state index >= 15 is 0 Å². The summed E-state index contributed by atoms with van der Waals surface area (Å²) in [6.07, 6.45) is 1.81. The topological polar surface area (TPSA) is 36.7 Å². The molecular weight excluding hydrogens is 196 g/mol. The largest absolute Gasteiger partial charge is 0.260 e. The van der Waals surface area contributed by atoms with Crippen molar-refractivity contribution in [2.24, 2.45) is 0 Å². The zero-order valence-electron chi connectivity index (χ0n) is 9.78. The van der Waals surface area contributed by atoms with Gasteiger partial charge < -0.3 is 0 Å². The lowest BCUT2D eigenvalue weighted by molar-refractivity contribution is 0.575. The molecule has 0 radical (unpaired) electrons. The molecule has 0 saturated carbocycles. The predicted octanol–water partition coefficient (Wildman–Crippen LogP) is 3.40. The fourth-order valence-corrected chi connectivity index (χ4v) is 1.89. The Bertz CT molecular complexity index is 566. The Morgan fingerprint density at radius 3 is 2.56 bits per heavy atom. The first-order valence-corrected chi connectivity index (χ1v) is 5.32. The van der Waals surface area contributed by atoms with E-state index in [4.69, 9.17) is 5.26 Å². The van der Waals surface area contributed by atoms with Crippen LogP contribution in [-0.4, -0.2) is 4.98 Å². The molecule has 0 fully saturated rings. The maximum absolute atomic E-state index is 9.15. The van der Waals surface area contributed by atoms with Gasteiger partial charge in [-0.15, -0.1) is 0 Å². The van der Waals surface area contributed by atoms with Gasteiger partial charge in [0.25, 0.3) is 0 Å². The minimum Gasteiger partial charge on any atom is -0.260 e. The van der Waals surface area contributed by atoms with Gasteiger partial charge in [-0.3, -0.25) is 4.98 Å². The molecule has 2 nitrogen and oxygen atoms in total. The molecule has 0 aliphatic rings. The normalized spacial score (nSPS) is 11.4. The van der Waals surface area contributed by atoms with Gasteiger partial charge in [0, 0.05) is 17.0 Å². The van der Waals surface area contributed by atoms with Gasteiger partial charge in [0.15, 0.2) is 0 Å². The highest BCUT2D eigenvalue weighted by atomic mass is 14.7. The van der Waals surface area contributed by atoms with Crippen LogP contribution in [0.3, 0.4) is 0 Å². The first kappa shape index (κ1) is 10.6. The third-order valence-corrected chi connectivity index (χ3v) is 2.62. The minimum atomic E-state index is -0.0491. The summed E-state index contributed by atoms with van der Waals surface area (Å²) in [5, 5.41) is 11.2. The number of nitrogens with zero attached hydrogens (tertiary/aromatic N) is 2. The molecule has 80 valence electrons. The van der Waals surface area contributed by atoms with Crippen LogP contribution in [0.5, 0.6) is 0 Å². The smallest absolute Gasteiger partial charge is 0.0998 e. The van der Waals surface area contributed by atoms with E-state index in [0.29, 0.717) is 5.56 Å². The summed E-state index contributed by atoms with van der Waals surface area (Å²) in [6.45, 7) is 6.34. The van der Waals surface area contributed by atoms with E-state index < -0.39 is 0 Å². The molecule has 0 amide bonds. The van der Waals surface area contributed by atoms with Crippen molar-refractivity contribution in [3.63, 3.8) is 0 Å². The summed E-state index contributed by atoms with van der Waals surface area (Å²) in [6, 6.07) is 9.97. The summed E-state index contributed by atoms with van der Waals surface area (Å²) in [5.41, 5.74) is 1.64. The van der Waals surface area contributed by atoms with Gasteiger partial charge in [-0.25, -0.2) is 0 Å². The summed E-state index contributed by atoms with van der Waals surface area (Å²) >= 11 is 0. The molecule has 0 bridgehead atoms. The third-order valence-electron chi connectivity index (χ3n) is 2.62. The van der Waals surface area contributed by atoms with E-state index in [1.807, 2.05) is 30.5 Å². The Labute approximate surface area is 95.6 Å². The number of fused-ring (bicyclic) bond motifs is 1. The molecule has 0 spiro atoms. The van der Waals surface area contributed by atoms with Crippen molar-refractivity contribution in [1.29, 1.82) is 5.26 Å². The van der Waals surface area contributed by atoms with Gasteiger partial charge in [0.05, 0.1) is 17.3 Å². The van der Waals surface area contributed by atoms with Crippen LogP contribution >= 0.6 is 0 Å². The zero-order chi connectivity index (χ0) is 11.8. The molecule has 0 N–H and O–H groups in total. The highest BCUT2D eigenvalue weighted by Gasteiger charge is 2.19. The first-order chi connectivity index (χ1) is 7.54. The van der Waals surface area contributed by atoms with Gasteiger partial charge in [0.1, 0.15) is 0 Å². The van der Waals surface area contributed by atoms with Crippen molar-refractivity contribution in [3.05, 3.63) is 41.7 Å². The van der Waals surface area contributed by atoms with Crippen molar-refractivity contribution in [2.45, 2.75) is 26.2 Å². The van der Waals surface area contributed by atoms with Crippen molar-refractivity contribution >= 4 is 10.8 Å². The highest BCUT2D eigenvalue weighted by Crippen LogP contribution is 2.29. The lowest BCUT2D eigenvalue weighted by atomic mass is 9.87. The number of hydrogen-bond donors (Lipinski definition) is 0. The maximum Gasteiger partial charge on any atom is 0.0998 e. The van der Waals surface area contributed by atoms with Gasteiger partial charge in [0.2, 0.25) is 0 Å². The van der Waals surface area contributed by atoms with Crippen LogP contribution in [0.4, 0.5) is 0 Å². The van der Waals surface area contributed by atoms with Crippen LogP contribution in [0.1, 0.15) is 32.0 Å². The minimum absolute atomic E-state index is 0.0491. The molecular formula is C14H14N2. The van der Waals surface area contributed by atoms with E-state index in [1.54, 1.807) is 0 Å². The van der Waals surface area contributed by atoms with E-state index in [-0.39, 0.29) is 5.41 Å². The number of pyridine rings is 1. The van der Waals surface area contributed by atoms with E-state index in [1.165, 1.54) is 0 Å². The van der Waals surface area contributed by atoms with Gasteiger partial charge >= 0.3 is 0 Å². The third kappa shape index (κ3) is 1.65. The molecule has 1 heterocycles. The SMILES string of the molecule is CC(C)(C)c1nccc2cccc(C#N)c12. The molecule has 0 unspecified atom stereocenters. The van der Waals surface area contributed by atoms with Crippen molar-refractivity contribution in [3.8, 4) is 6.07 Å². The quantitative estimate of drug-likeness (QED) is 0.668. The summed E-state index contributed by atoms with van der Waals surface area (Å²) in [7, 11) is 0. The number of aromatic nitrogens is 1. The molecule has 1 aromatic heterocycles. The second kappa shape index (κ2) is 3.61. The number of nitriles is 1. The van der Waals surface area contributed by atoms with Crippen LogP contribution < -0.4 is 0 Å². The van der Waals surface area contributed by atoms with Gasteiger partial charge in [-0.1, -0.05) is 32.9 Å². The van der Waals surface area contributed by atoms with Crippen molar-refractivity contribution in [1.82, 2.24) is 4.98 Å². The predicted molar refractivity (Wildman–Crippen MR) is 65.2 cm³/mol. The fourth-order valence-electron chi connectivity index (χ4n) is 1.89. The van der Waals surface area contributed by atoms with Crippen LogP contribution in [-0.2, 0) is 5.41 Å². The molecule has 2 heteroatoms. The Morgan fingerprint density at radius 2 is 1.94 bits per heavy atom. The van der Waals surface area contributed by atoms with Gasteiger partial charge in [-0.05, 0) is 17.5 Å². The standard InChI is InChI=1S/C14H14N2/c1-14(2,3)13-12-10(7-8-16-13)5-4-6-11(12)9-15/h4-8H,1-3H3. The average Bonchev–Trinajstić information content (AvgIpc) is 2.26. The number of hydrogen-bond acceptors (Lipinski definition) is 2. The molecule has 1 aromatic carbocycles. The summed E-state index contributed by atoms with van der Waals surface area (Å²) in [5.74, 6) is 0. The maximum atomic E-state index is 9.15. The summed E-state index contributed by atoms with van der Waals surface area (Å²) < 4.78 is 0. The van der Waals surface area contributed by atoms with Crippen LogP contribution in [0, 0.1) is 11.3 Å². The Hall–Kier alpha value is -1.88. The molecule has 2 rings (SSSR count). The van der Waals surface area contributed by atoms with Crippen LogP contribution in [0.15, 0.2) is 30.5 Å². The first-order valence-electron chi connectivity index (χ1n) is 5.32. The number of rotatable bonds is 0. The van der Waals surface area contributed by atoms with E-state index in [0.717, 1.165) is 16.5 Å². The van der Waals surface area contributed by atoms with Crippen molar-refractivity contribution < 1.29 is 0 Å². The molecule has 16 heavy (non-hydrogen) atoms. The fraction of sp³-hybridized carbons (Fsp3) is 0.286. The zero-order valence-corrected chi connectivity index (χ0v) is 9.78. The Morgan fingerprint density at radius 1 is 1.19 bits per heavy atom. The van der Waals surface area contributed by atoms with Gasteiger partial charge in [-0.2, -0.15) is 5.26 Å². The van der Waals surface area contributed by atoms with Crippen LogP contribution in [0.2, 0.25) is 0 Å². The Balaban J connectivity index is 2.91. The molecule has 0 saturated heterocycles. The second-order valence-electron chi connectivity index (χ2n) is 4.93. The second-order valence-corrected chi connectivity index (χ2v) is 4.93. The molecule has 0 aliphatic heterocycles. The van der Waals surface area contributed by atoms with E-state index in [2.05, 4.69) is 31.8 Å². The molecule has 2 aromatic rings. The molecule has 0 aliphatic carbocycles. The van der Waals surface area contributed by atoms with E-state index in [9.17, 15) is 0 Å². The van der Waals surface area contributed by atoms with Crippen LogP contribution in [0.25, 0.3) is 10.8 Å². The summed E-state index contributed by atoms with van der Waals surface area (Å²) in [4.78, 5) is 4.44. The Kier molecular flexibility index (Phi) is 2.40. The lowest BCUT2D eigenvalue weighted by Crippen LogP contribution is -2.14. The lowest BCUT2D eigenvalue weighted by Gasteiger charge is -2.20. The number of benzene rings is 1. The monoisotopic (exact) mass is 210 g/mol. The highest BCUT2D eigenvalue weighted by molar-refractivity contribution is 5.90. The average molecular weight is 210 g/mol.